The highest BCUT2D eigenvalue weighted by molar-refractivity contribution is 6.31. The van der Waals surface area contributed by atoms with Crippen LogP contribution in [-0.2, 0) is 4.74 Å². The van der Waals surface area contributed by atoms with Crippen molar-refractivity contribution in [3.8, 4) is 22.6 Å². The number of nitrogens with one attached hydrogen (secondary N) is 2. The Labute approximate surface area is 282 Å². The number of hydrogen-bond donors (Lipinski definition) is 4. The van der Waals surface area contributed by atoms with Crippen molar-refractivity contribution in [2.24, 2.45) is 0 Å². The van der Waals surface area contributed by atoms with Crippen molar-refractivity contribution >= 4 is 39.7 Å². The fourth-order valence-electron chi connectivity index (χ4n) is 4.65. The van der Waals surface area contributed by atoms with Crippen LogP contribution in [-0.4, -0.2) is 83.1 Å². The molecule has 0 radical (unpaired) electrons. The summed E-state index contributed by atoms with van der Waals surface area (Å²) >= 11 is 5.90. The number of pyridine rings is 2. The number of nitrogens with two attached hydrogens (primary N) is 1. The van der Waals surface area contributed by atoms with Gasteiger partial charge in [0.15, 0.2) is 11.5 Å². The summed E-state index contributed by atoms with van der Waals surface area (Å²) in [5.41, 5.74) is 8.63. The fourth-order valence-corrected chi connectivity index (χ4v) is 4.83. The van der Waals surface area contributed by atoms with Gasteiger partial charge >= 0.3 is 0 Å². The second-order valence-corrected chi connectivity index (χ2v) is 10.8. The molecule has 5 aromatic rings. The Morgan fingerprint density at radius 3 is 2.52 bits per heavy atom. The van der Waals surface area contributed by atoms with Gasteiger partial charge in [0.05, 0.1) is 43.2 Å². The van der Waals surface area contributed by atoms with E-state index in [0.717, 1.165) is 55.8 Å². The molecule has 1 aliphatic heterocycles. The lowest BCUT2D eigenvalue weighted by Gasteiger charge is -2.26. The topological polar surface area (TPSA) is 161 Å². The second kappa shape index (κ2) is 18.5. The third kappa shape index (κ3) is 10.3. The highest BCUT2D eigenvalue weighted by Gasteiger charge is 2.14. The lowest BCUT2D eigenvalue weighted by molar-refractivity contribution is 0.0357. The first-order chi connectivity index (χ1) is 23.3. The number of aromatic nitrogens is 4. The number of anilines is 3. The first-order valence-corrected chi connectivity index (χ1v) is 15.7. The molecule has 1 fully saturated rings. The number of aliphatic hydroxyl groups is 1. The molecule has 3 aromatic heterocycles. The fraction of sp³-hybridized carbons (Fsp3) is 0.294. The van der Waals surface area contributed by atoms with Gasteiger partial charge in [-0.15, -0.1) is 0 Å². The second-order valence-electron chi connectivity index (χ2n) is 10.4. The Morgan fingerprint density at radius 2 is 1.83 bits per heavy atom. The molecule has 1 aliphatic rings. The molecule has 14 heteroatoms. The Bertz CT molecular complexity index is 1810. The van der Waals surface area contributed by atoms with Crippen molar-refractivity contribution in [2.45, 2.75) is 13.3 Å². The predicted octanol–water partition coefficient (Wildman–Crippen LogP) is 5.29. The van der Waals surface area contributed by atoms with E-state index in [1.165, 1.54) is 18.5 Å². The minimum absolute atomic E-state index is 0.0364. The lowest BCUT2D eigenvalue weighted by atomic mass is 10.1. The van der Waals surface area contributed by atoms with Crippen LogP contribution in [0.1, 0.15) is 13.3 Å². The van der Waals surface area contributed by atoms with E-state index in [9.17, 15) is 9.18 Å². The average Bonchev–Trinajstić information content (AvgIpc) is 3.11. The van der Waals surface area contributed by atoms with Crippen molar-refractivity contribution in [2.75, 3.05) is 64.2 Å². The SMILES string of the molecule is CCO.COc1cc2ncnc(Nc3ccc(F)c(Cl)c3)c2cc1OCCCN1CCOCC1.Nc1cc(-c2ccncc2)c[nH]c1=O. The molecule has 254 valence electrons. The van der Waals surface area contributed by atoms with Crippen LogP contribution in [0, 0.1) is 5.82 Å². The molecular weight excluding hydrogens is 641 g/mol. The van der Waals surface area contributed by atoms with Gasteiger partial charge in [0.25, 0.3) is 5.56 Å². The Balaban J connectivity index is 0.000000254. The largest absolute Gasteiger partial charge is 0.493 e. The summed E-state index contributed by atoms with van der Waals surface area (Å²) < 4.78 is 30.4. The van der Waals surface area contributed by atoms with Crippen LogP contribution >= 0.6 is 11.6 Å². The van der Waals surface area contributed by atoms with Gasteiger partial charge in [-0.1, -0.05) is 11.6 Å². The van der Waals surface area contributed by atoms with Gasteiger partial charge in [-0.05, 0) is 61.4 Å². The highest BCUT2D eigenvalue weighted by atomic mass is 35.5. The standard InChI is InChI=1S/C22H24ClFN4O3.C10H9N3O.C2H6O/c1-29-20-13-19-16(12-21(20)31-8-2-5-28-6-9-30-10-7-28)22(26-14-25-19)27-15-3-4-18(24)17(23)11-15;11-9-5-8(6-13-10(9)14)7-1-3-12-4-2-7;1-2-3/h3-4,11-14H,2,5-10H2,1H3,(H,25,26,27);1-6H,11H2,(H,13,14);3H,2H2,1H3. The van der Waals surface area contributed by atoms with Crippen LogP contribution in [0.15, 0.2) is 78.2 Å². The first kappa shape index (κ1) is 36.0. The van der Waals surface area contributed by atoms with E-state index in [2.05, 4.69) is 30.2 Å². The van der Waals surface area contributed by atoms with Gasteiger partial charge in [0.1, 0.15) is 18.0 Å². The minimum atomic E-state index is -0.475. The van der Waals surface area contributed by atoms with Crippen molar-refractivity contribution in [1.29, 1.82) is 0 Å². The summed E-state index contributed by atoms with van der Waals surface area (Å²) in [6.07, 6.45) is 7.37. The molecule has 0 saturated carbocycles. The first-order valence-electron chi connectivity index (χ1n) is 15.3. The molecule has 0 amide bonds. The van der Waals surface area contributed by atoms with Crippen molar-refractivity contribution in [1.82, 2.24) is 24.8 Å². The molecule has 5 N–H and O–H groups in total. The summed E-state index contributed by atoms with van der Waals surface area (Å²) in [5, 5.41) is 11.5. The molecule has 48 heavy (non-hydrogen) atoms. The van der Waals surface area contributed by atoms with E-state index in [1.807, 2.05) is 24.3 Å². The van der Waals surface area contributed by atoms with Gasteiger partial charge in [0, 0.05) is 67.5 Å². The monoisotopic (exact) mass is 679 g/mol. The van der Waals surface area contributed by atoms with Crippen molar-refractivity contribution < 1.29 is 23.7 Å². The molecule has 2 aromatic carbocycles. The van der Waals surface area contributed by atoms with E-state index in [-0.39, 0.29) is 22.9 Å². The molecular formula is C34H39ClFN7O5. The van der Waals surface area contributed by atoms with E-state index in [0.29, 0.717) is 35.1 Å². The third-order valence-corrected chi connectivity index (χ3v) is 7.32. The molecule has 0 atom stereocenters. The van der Waals surface area contributed by atoms with Gasteiger partial charge in [-0.2, -0.15) is 0 Å². The molecule has 0 aliphatic carbocycles. The summed E-state index contributed by atoms with van der Waals surface area (Å²) in [5.74, 6) is 1.31. The van der Waals surface area contributed by atoms with Crippen molar-refractivity contribution in [3.05, 3.63) is 94.6 Å². The predicted molar refractivity (Wildman–Crippen MR) is 186 cm³/mol. The zero-order valence-electron chi connectivity index (χ0n) is 26.8. The van der Waals surface area contributed by atoms with E-state index < -0.39 is 5.82 Å². The molecule has 0 bridgehead atoms. The lowest BCUT2D eigenvalue weighted by Crippen LogP contribution is -2.37. The Morgan fingerprint density at radius 1 is 1.08 bits per heavy atom. The number of fused-ring (bicyclic) bond motifs is 1. The van der Waals surface area contributed by atoms with Crippen LogP contribution in [0.3, 0.4) is 0 Å². The smallest absolute Gasteiger partial charge is 0.271 e. The summed E-state index contributed by atoms with van der Waals surface area (Å²) in [6.45, 7) is 6.94. The van der Waals surface area contributed by atoms with Crippen LogP contribution in [0.5, 0.6) is 11.5 Å². The maximum absolute atomic E-state index is 13.5. The molecule has 0 unspecified atom stereocenters. The molecule has 4 heterocycles. The summed E-state index contributed by atoms with van der Waals surface area (Å²) in [7, 11) is 1.60. The third-order valence-electron chi connectivity index (χ3n) is 7.03. The van der Waals surface area contributed by atoms with Gasteiger partial charge < -0.3 is 35.4 Å². The zero-order chi connectivity index (χ0) is 34.3. The Hall–Kier alpha value is -4.82. The van der Waals surface area contributed by atoms with Gasteiger partial charge in [-0.3, -0.25) is 14.7 Å². The number of aliphatic hydroxyl groups excluding tert-OH is 1. The number of aromatic amines is 1. The van der Waals surface area contributed by atoms with Crippen LogP contribution in [0.4, 0.5) is 21.6 Å². The van der Waals surface area contributed by atoms with E-state index >= 15 is 0 Å². The van der Waals surface area contributed by atoms with E-state index in [4.69, 9.17) is 36.7 Å². The number of rotatable bonds is 9. The minimum Gasteiger partial charge on any atom is -0.493 e. The number of H-pyrrole nitrogens is 1. The van der Waals surface area contributed by atoms with Crippen LogP contribution in [0.25, 0.3) is 22.0 Å². The van der Waals surface area contributed by atoms with Crippen LogP contribution in [0.2, 0.25) is 5.02 Å². The highest BCUT2D eigenvalue weighted by Crippen LogP contribution is 2.35. The molecule has 0 spiro atoms. The number of halogens is 2. The summed E-state index contributed by atoms with van der Waals surface area (Å²) in [4.78, 5) is 28.5. The Kier molecular flexibility index (Phi) is 13.9. The number of nitrogen functional groups attached to an aromatic ring is 1. The summed E-state index contributed by atoms with van der Waals surface area (Å²) in [6, 6.07) is 13.4. The number of benzene rings is 2. The van der Waals surface area contributed by atoms with E-state index in [1.54, 1.807) is 44.8 Å². The number of morpholine rings is 1. The maximum atomic E-state index is 13.5. The van der Waals surface area contributed by atoms with Crippen molar-refractivity contribution in [3.63, 3.8) is 0 Å². The van der Waals surface area contributed by atoms with Gasteiger partial charge in [-0.25, -0.2) is 14.4 Å². The molecule has 6 rings (SSSR count). The molecule has 12 nitrogen and oxygen atoms in total. The van der Waals surface area contributed by atoms with Crippen LogP contribution < -0.4 is 26.1 Å². The normalized spacial score (nSPS) is 12.7. The maximum Gasteiger partial charge on any atom is 0.271 e. The zero-order valence-corrected chi connectivity index (χ0v) is 27.5. The number of nitrogens with zero attached hydrogens (tertiary/aromatic N) is 4. The van der Waals surface area contributed by atoms with Gasteiger partial charge in [0.2, 0.25) is 0 Å². The average molecular weight is 680 g/mol. The molecule has 1 saturated heterocycles. The number of hydrogen-bond acceptors (Lipinski definition) is 11. The number of methoxy groups -OCH3 is 1. The number of ether oxygens (including phenoxy) is 3. The quantitative estimate of drug-likeness (QED) is 0.150.